The first-order valence-corrected chi connectivity index (χ1v) is 9.06. The Balaban J connectivity index is 0.000000562. The van der Waals surface area contributed by atoms with Gasteiger partial charge in [-0.2, -0.15) is 0 Å². The SMILES string of the molecule is CNC.Cl.c1cc2c(c(C3CCCCCCC3)c1)CCCC2. The lowest BCUT2D eigenvalue weighted by Gasteiger charge is -2.26. The molecule has 1 aromatic carbocycles. The second kappa shape index (κ2) is 11.1. The molecule has 126 valence electrons. The smallest absolute Gasteiger partial charge is 0.0159 e. The Kier molecular flexibility index (Phi) is 9.82. The van der Waals surface area contributed by atoms with Crippen LogP contribution in [0.25, 0.3) is 0 Å². The largest absolute Gasteiger partial charge is 0.323 e. The van der Waals surface area contributed by atoms with Gasteiger partial charge in [0.05, 0.1) is 0 Å². The lowest BCUT2D eigenvalue weighted by molar-refractivity contribution is 0.452. The maximum atomic E-state index is 2.75. The highest BCUT2D eigenvalue weighted by atomic mass is 35.5. The van der Waals surface area contributed by atoms with Gasteiger partial charge in [0.15, 0.2) is 0 Å². The van der Waals surface area contributed by atoms with Crippen molar-refractivity contribution in [1.82, 2.24) is 5.32 Å². The second-order valence-corrected chi connectivity index (χ2v) is 6.73. The second-order valence-electron chi connectivity index (χ2n) is 6.73. The number of hydrogen-bond acceptors (Lipinski definition) is 1. The standard InChI is InChI=1S/C18H26.C2H7N.ClH/c1-2-4-9-15(10-5-3-1)18-14-8-12-16-11-6-7-13-17(16)18;1-3-2;/h8,12,14-15H,1-7,9-11,13H2;3H,1-2H3;1H. The molecule has 1 N–H and O–H groups in total. The van der Waals surface area contributed by atoms with E-state index >= 15 is 0 Å². The molecule has 1 saturated carbocycles. The fraction of sp³-hybridized carbons (Fsp3) is 0.700. The van der Waals surface area contributed by atoms with Crippen molar-refractivity contribution < 1.29 is 0 Å². The summed E-state index contributed by atoms with van der Waals surface area (Å²) in [4.78, 5) is 0. The molecule has 0 aliphatic heterocycles. The Hall–Kier alpha value is -0.530. The molecule has 0 amide bonds. The van der Waals surface area contributed by atoms with E-state index < -0.39 is 0 Å². The van der Waals surface area contributed by atoms with E-state index in [1.807, 2.05) is 14.1 Å². The highest BCUT2D eigenvalue weighted by Crippen LogP contribution is 2.36. The third-order valence-corrected chi connectivity index (χ3v) is 4.98. The summed E-state index contributed by atoms with van der Waals surface area (Å²) in [5.41, 5.74) is 5.14. The van der Waals surface area contributed by atoms with Gasteiger partial charge in [0.2, 0.25) is 0 Å². The molecule has 0 spiro atoms. The molecule has 0 heterocycles. The van der Waals surface area contributed by atoms with Crippen LogP contribution in [0, 0.1) is 0 Å². The molecule has 0 atom stereocenters. The minimum atomic E-state index is 0. The zero-order chi connectivity index (χ0) is 14.9. The van der Waals surface area contributed by atoms with Gasteiger partial charge in [-0.25, -0.2) is 0 Å². The third-order valence-electron chi connectivity index (χ3n) is 4.98. The Morgan fingerprint density at radius 1 is 0.818 bits per heavy atom. The van der Waals surface area contributed by atoms with Crippen molar-refractivity contribution in [2.24, 2.45) is 0 Å². The number of rotatable bonds is 1. The van der Waals surface area contributed by atoms with Crippen molar-refractivity contribution in [3.05, 3.63) is 34.9 Å². The van der Waals surface area contributed by atoms with Crippen molar-refractivity contribution in [2.75, 3.05) is 14.1 Å². The van der Waals surface area contributed by atoms with Gasteiger partial charge < -0.3 is 5.32 Å². The zero-order valence-corrected chi connectivity index (χ0v) is 15.3. The summed E-state index contributed by atoms with van der Waals surface area (Å²) in [6.45, 7) is 0. The van der Waals surface area contributed by atoms with Crippen molar-refractivity contribution in [3.63, 3.8) is 0 Å². The zero-order valence-electron chi connectivity index (χ0n) is 14.5. The van der Waals surface area contributed by atoms with E-state index in [1.54, 1.807) is 16.7 Å². The molecule has 2 heteroatoms. The number of halogens is 1. The van der Waals surface area contributed by atoms with E-state index in [2.05, 4.69) is 23.5 Å². The van der Waals surface area contributed by atoms with Crippen LogP contribution in [0.15, 0.2) is 18.2 Å². The molecule has 22 heavy (non-hydrogen) atoms. The van der Waals surface area contributed by atoms with Crippen LogP contribution in [-0.4, -0.2) is 14.1 Å². The van der Waals surface area contributed by atoms with Gasteiger partial charge in [0.1, 0.15) is 0 Å². The molecule has 1 aromatic rings. The number of hydrogen-bond donors (Lipinski definition) is 1. The molecule has 2 aliphatic carbocycles. The predicted molar refractivity (Wildman–Crippen MR) is 100 cm³/mol. The van der Waals surface area contributed by atoms with Crippen molar-refractivity contribution in [2.45, 2.75) is 76.5 Å². The summed E-state index contributed by atoms with van der Waals surface area (Å²) in [6.07, 6.45) is 15.7. The van der Waals surface area contributed by atoms with Crippen LogP contribution in [0.2, 0.25) is 0 Å². The summed E-state index contributed by atoms with van der Waals surface area (Å²) >= 11 is 0. The third kappa shape index (κ3) is 5.59. The molecule has 2 aliphatic rings. The molecule has 0 saturated heterocycles. The van der Waals surface area contributed by atoms with Crippen molar-refractivity contribution >= 4 is 12.4 Å². The van der Waals surface area contributed by atoms with E-state index in [-0.39, 0.29) is 12.4 Å². The van der Waals surface area contributed by atoms with Gasteiger partial charge >= 0.3 is 0 Å². The summed E-state index contributed by atoms with van der Waals surface area (Å²) in [7, 11) is 3.75. The molecule has 1 fully saturated rings. The first kappa shape index (κ1) is 19.5. The van der Waals surface area contributed by atoms with Crippen molar-refractivity contribution in [3.8, 4) is 0 Å². The number of nitrogens with one attached hydrogen (secondary N) is 1. The highest BCUT2D eigenvalue weighted by molar-refractivity contribution is 5.85. The normalized spacial score (nSPS) is 18.8. The lowest BCUT2D eigenvalue weighted by atomic mass is 9.79. The molecule has 0 bridgehead atoms. The quantitative estimate of drug-likeness (QED) is 0.704. The van der Waals surface area contributed by atoms with Crippen LogP contribution >= 0.6 is 12.4 Å². The highest BCUT2D eigenvalue weighted by Gasteiger charge is 2.19. The van der Waals surface area contributed by atoms with Gasteiger partial charge in [0, 0.05) is 0 Å². The first-order chi connectivity index (χ1) is 10.4. The average molecular weight is 324 g/mol. The Labute approximate surface area is 143 Å². The number of benzene rings is 1. The van der Waals surface area contributed by atoms with Crippen molar-refractivity contribution in [1.29, 1.82) is 0 Å². The van der Waals surface area contributed by atoms with Gasteiger partial charge in [-0.3, -0.25) is 0 Å². The van der Waals surface area contributed by atoms with Gasteiger partial charge in [-0.15, -0.1) is 12.4 Å². The van der Waals surface area contributed by atoms with Gasteiger partial charge in [0.25, 0.3) is 0 Å². The fourth-order valence-corrected chi connectivity index (χ4v) is 3.96. The maximum Gasteiger partial charge on any atom is -0.0159 e. The topological polar surface area (TPSA) is 12.0 Å². The molecular formula is C20H34ClN. The first-order valence-electron chi connectivity index (χ1n) is 9.06. The summed E-state index contributed by atoms with van der Waals surface area (Å²) in [5, 5.41) is 2.75. The minimum Gasteiger partial charge on any atom is -0.323 e. The summed E-state index contributed by atoms with van der Waals surface area (Å²) < 4.78 is 0. The summed E-state index contributed by atoms with van der Waals surface area (Å²) in [5.74, 6) is 0.873. The molecule has 0 aromatic heterocycles. The molecule has 3 rings (SSSR count). The van der Waals surface area contributed by atoms with E-state index in [4.69, 9.17) is 0 Å². The maximum absolute atomic E-state index is 2.75. The van der Waals surface area contributed by atoms with Gasteiger partial charge in [-0.05, 0) is 75.2 Å². The van der Waals surface area contributed by atoms with E-state index in [0.29, 0.717) is 0 Å². The van der Waals surface area contributed by atoms with Gasteiger partial charge in [-0.1, -0.05) is 50.3 Å². The van der Waals surface area contributed by atoms with E-state index in [0.717, 1.165) is 5.92 Å². The minimum absolute atomic E-state index is 0. The molecule has 1 nitrogen and oxygen atoms in total. The number of aryl methyl sites for hydroxylation is 1. The Morgan fingerprint density at radius 3 is 2.09 bits per heavy atom. The van der Waals surface area contributed by atoms with E-state index in [9.17, 15) is 0 Å². The average Bonchev–Trinajstić information content (AvgIpc) is 2.47. The van der Waals surface area contributed by atoms with Crippen LogP contribution < -0.4 is 5.32 Å². The Bertz CT molecular complexity index is 408. The van der Waals surface area contributed by atoms with Crippen LogP contribution in [0.4, 0.5) is 0 Å². The molecular weight excluding hydrogens is 290 g/mol. The van der Waals surface area contributed by atoms with E-state index in [1.165, 1.54) is 70.6 Å². The molecule has 0 unspecified atom stereocenters. The number of fused-ring (bicyclic) bond motifs is 1. The lowest BCUT2D eigenvalue weighted by Crippen LogP contribution is -2.11. The predicted octanol–water partition coefficient (Wildman–Crippen LogP) is 5.65. The summed E-state index contributed by atoms with van der Waals surface area (Å²) in [6, 6.07) is 7.13. The van der Waals surface area contributed by atoms with Crippen LogP contribution in [0.3, 0.4) is 0 Å². The fourth-order valence-electron chi connectivity index (χ4n) is 3.96. The van der Waals surface area contributed by atoms with Crippen LogP contribution in [0.5, 0.6) is 0 Å². The monoisotopic (exact) mass is 323 g/mol. The van der Waals surface area contributed by atoms with Crippen LogP contribution in [0.1, 0.15) is 80.4 Å². The Morgan fingerprint density at radius 2 is 1.41 bits per heavy atom. The van der Waals surface area contributed by atoms with Crippen LogP contribution in [-0.2, 0) is 12.8 Å². The molecule has 0 radical (unpaired) electrons.